The highest BCUT2D eigenvalue weighted by Gasteiger charge is 2.17. The third-order valence-corrected chi connectivity index (χ3v) is 3.99. The van der Waals surface area contributed by atoms with Crippen LogP contribution in [0.1, 0.15) is 23.2 Å². The van der Waals surface area contributed by atoms with Crippen LogP contribution in [-0.2, 0) is 4.74 Å². The van der Waals surface area contributed by atoms with E-state index < -0.39 is 0 Å². The van der Waals surface area contributed by atoms with Crippen molar-refractivity contribution in [2.24, 2.45) is 0 Å². The molecule has 0 saturated carbocycles. The van der Waals surface area contributed by atoms with Crippen molar-refractivity contribution in [2.45, 2.75) is 23.8 Å². The minimum Gasteiger partial charge on any atom is -0.376 e. The molecule has 1 N–H and O–H groups in total. The van der Waals surface area contributed by atoms with Gasteiger partial charge in [0.15, 0.2) is 0 Å². The molecule has 1 atom stereocenters. The van der Waals surface area contributed by atoms with Gasteiger partial charge in [-0.25, -0.2) is 0 Å². The third-order valence-electron chi connectivity index (χ3n) is 2.93. The maximum absolute atomic E-state index is 12.0. The van der Waals surface area contributed by atoms with E-state index in [1.54, 1.807) is 17.8 Å². The van der Waals surface area contributed by atoms with Crippen molar-refractivity contribution in [3.05, 3.63) is 28.8 Å². The molecule has 1 heterocycles. The molecule has 0 aromatic heterocycles. The summed E-state index contributed by atoms with van der Waals surface area (Å²) in [4.78, 5) is 13.1. The number of carbonyl (C=O) groups is 1. The van der Waals surface area contributed by atoms with E-state index >= 15 is 0 Å². The van der Waals surface area contributed by atoms with Crippen LogP contribution in [0.15, 0.2) is 23.1 Å². The molecular weight excluding hydrogens is 270 g/mol. The summed E-state index contributed by atoms with van der Waals surface area (Å²) in [7, 11) is 0. The minimum absolute atomic E-state index is 0.133. The van der Waals surface area contributed by atoms with Crippen molar-refractivity contribution in [1.82, 2.24) is 5.32 Å². The number of thioether (sulfide) groups is 1. The van der Waals surface area contributed by atoms with Crippen LogP contribution < -0.4 is 5.32 Å². The van der Waals surface area contributed by atoms with Crippen molar-refractivity contribution in [2.75, 3.05) is 19.4 Å². The first-order valence-electron chi connectivity index (χ1n) is 5.94. The molecule has 1 amide bonds. The lowest BCUT2D eigenvalue weighted by molar-refractivity contribution is 0.0857. The van der Waals surface area contributed by atoms with E-state index in [2.05, 4.69) is 5.32 Å². The van der Waals surface area contributed by atoms with Crippen molar-refractivity contribution >= 4 is 29.3 Å². The molecule has 1 unspecified atom stereocenters. The van der Waals surface area contributed by atoms with E-state index in [9.17, 15) is 4.79 Å². The normalized spacial score (nSPS) is 18.9. The highest BCUT2D eigenvalue weighted by Crippen LogP contribution is 2.23. The molecule has 1 fully saturated rings. The number of nitrogens with one attached hydrogen (secondary N) is 1. The SMILES string of the molecule is CSc1ccc(Cl)c(C(=O)NCC2CCCO2)c1. The van der Waals surface area contributed by atoms with Crippen LogP contribution in [0.3, 0.4) is 0 Å². The van der Waals surface area contributed by atoms with Crippen LogP contribution >= 0.6 is 23.4 Å². The smallest absolute Gasteiger partial charge is 0.252 e. The summed E-state index contributed by atoms with van der Waals surface area (Å²) in [5.41, 5.74) is 0.529. The van der Waals surface area contributed by atoms with Crippen LogP contribution in [-0.4, -0.2) is 31.4 Å². The Morgan fingerprint density at radius 2 is 2.44 bits per heavy atom. The van der Waals surface area contributed by atoms with E-state index in [-0.39, 0.29) is 12.0 Å². The topological polar surface area (TPSA) is 38.3 Å². The molecule has 1 saturated heterocycles. The molecule has 1 aromatic rings. The number of benzene rings is 1. The molecule has 1 aliphatic heterocycles. The van der Waals surface area contributed by atoms with Gasteiger partial charge in [-0.3, -0.25) is 4.79 Å². The molecule has 2 rings (SSSR count). The van der Waals surface area contributed by atoms with Crippen molar-refractivity contribution in [3.8, 4) is 0 Å². The zero-order valence-electron chi connectivity index (χ0n) is 10.2. The van der Waals surface area contributed by atoms with Gasteiger partial charge in [-0.15, -0.1) is 11.8 Å². The van der Waals surface area contributed by atoms with Crippen LogP contribution in [0.4, 0.5) is 0 Å². The summed E-state index contributed by atoms with van der Waals surface area (Å²) < 4.78 is 5.46. The highest BCUT2D eigenvalue weighted by molar-refractivity contribution is 7.98. The Balaban J connectivity index is 1.98. The Hall–Kier alpha value is -0.710. The fourth-order valence-corrected chi connectivity index (χ4v) is 2.56. The first-order valence-corrected chi connectivity index (χ1v) is 7.54. The van der Waals surface area contributed by atoms with E-state index in [4.69, 9.17) is 16.3 Å². The minimum atomic E-state index is -0.133. The number of hydrogen-bond acceptors (Lipinski definition) is 3. The average molecular weight is 286 g/mol. The van der Waals surface area contributed by atoms with E-state index in [0.717, 1.165) is 24.3 Å². The molecule has 0 spiro atoms. The predicted molar refractivity (Wildman–Crippen MR) is 74.5 cm³/mol. The second-order valence-corrected chi connectivity index (χ2v) is 5.48. The van der Waals surface area contributed by atoms with E-state index in [0.29, 0.717) is 17.1 Å². The molecule has 0 bridgehead atoms. The Labute approximate surface area is 116 Å². The molecule has 3 nitrogen and oxygen atoms in total. The lowest BCUT2D eigenvalue weighted by Gasteiger charge is -2.12. The number of carbonyl (C=O) groups excluding carboxylic acids is 1. The lowest BCUT2D eigenvalue weighted by Crippen LogP contribution is -2.31. The van der Waals surface area contributed by atoms with Gasteiger partial charge in [0.2, 0.25) is 0 Å². The number of amides is 1. The van der Waals surface area contributed by atoms with Crippen molar-refractivity contribution in [3.63, 3.8) is 0 Å². The Morgan fingerprint density at radius 3 is 3.11 bits per heavy atom. The molecular formula is C13H16ClNO2S. The van der Waals surface area contributed by atoms with Gasteiger partial charge in [0.1, 0.15) is 0 Å². The maximum Gasteiger partial charge on any atom is 0.252 e. The van der Waals surface area contributed by atoms with Crippen LogP contribution in [0.25, 0.3) is 0 Å². The molecule has 0 radical (unpaired) electrons. The molecule has 98 valence electrons. The number of ether oxygens (including phenoxy) is 1. The monoisotopic (exact) mass is 285 g/mol. The summed E-state index contributed by atoms with van der Waals surface area (Å²) in [5.74, 6) is -0.133. The predicted octanol–water partition coefficient (Wildman–Crippen LogP) is 2.97. The van der Waals surface area contributed by atoms with Crippen LogP contribution in [0.2, 0.25) is 5.02 Å². The standard InChI is InChI=1S/C13H16ClNO2S/c1-18-10-4-5-12(14)11(7-10)13(16)15-8-9-3-2-6-17-9/h4-5,7,9H,2-3,6,8H2,1H3,(H,15,16). The summed E-state index contributed by atoms with van der Waals surface area (Å²) in [6.45, 7) is 1.35. The van der Waals surface area contributed by atoms with Gasteiger partial charge in [0.05, 0.1) is 16.7 Å². The zero-order chi connectivity index (χ0) is 13.0. The number of halogens is 1. The van der Waals surface area contributed by atoms with Gasteiger partial charge < -0.3 is 10.1 Å². The average Bonchev–Trinajstić information content (AvgIpc) is 2.89. The first-order chi connectivity index (χ1) is 8.70. The van der Waals surface area contributed by atoms with Crippen LogP contribution in [0.5, 0.6) is 0 Å². The summed E-state index contributed by atoms with van der Waals surface area (Å²) in [6.07, 6.45) is 4.20. The van der Waals surface area contributed by atoms with Crippen molar-refractivity contribution < 1.29 is 9.53 Å². The summed E-state index contributed by atoms with van der Waals surface area (Å²) in [6, 6.07) is 5.48. The summed E-state index contributed by atoms with van der Waals surface area (Å²) in [5, 5.41) is 3.36. The Morgan fingerprint density at radius 1 is 1.61 bits per heavy atom. The Kier molecular flexibility index (Phi) is 4.92. The van der Waals surface area contributed by atoms with E-state index in [1.165, 1.54) is 0 Å². The van der Waals surface area contributed by atoms with Gasteiger partial charge in [-0.2, -0.15) is 0 Å². The zero-order valence-corrected chi connectivity index (χ0v) is 11.8. The van der Waals surface area contributed by atoms with Crippen molar-refractivity contribution in [1.29, 1.82) is 0 Å². The second-order valence-electron chi connectivity index (χ2n) is 4.19. The highest BCUT2D eigenvalue weighted by atomic mass is 35.5. The molecule has 18 heavy (non-hydrogen) atoms. The lowest BCUT2D eigenvalue weighted by atomic mass is 10.2. The number of rotatable bonds is 4. The molecule has 1 aliphatic rings. The van der Waals surface area contributed by atoms with Gasteiger partial charge >= 0.3 is 0 Å². The molecule has 0 aliphatic carbocycles. The number of hydrogen-bond donors (Lipinski definition) is 1. The largest absolute Gasteiger partial charge is 0.376 e. The quantitative estimate of drug-likeness (QED) is 0.865. The van der Waals surface area contributed by atoms with Gasteiger partial charge in [-0.1, -0.05) is 11.6 Å². The second kappa shape index (κ2) is 6.45. The first kappa shape index (κ1) is 13.7. The molecule has 5 heteroatoms. The van der Waals surface area contributed by atoms with Gasteiger partial charge in [0, 0.05) is 18.0 Å². The molecule has 1 aromatic carbocycles. The van der Waals surface area contributed by atoms with Gasteiger partial charge in [-0.05, 0) is 37.3 Å². The van der Waals surface area contributed by atoms with Crippen LogP contribution in [0, 0.1) is 0 Å². The third kappa shape index (κ3) is 3.40. The maximum atomic E-state index is 12.0. The van der Waals surface area contributed by atoms with Gasteiger partial charge in [0.25, 0.3) is 5.91 Å². The Bertz CT molecular complexity index is 433. The summed E-state index contributed by atoms with van der Waals surface area (Å²) >= 11 is 7.63. The van der Waals surface area contributed by atoms with E-state index in [1.807, 2.05) is 18.4 Å². The fraction of sp³-hybridized carbons (Fsp3) is 0.462. The fourth-order valence-electron chi connectivity index (χ4n) is 1.91.